The molecule has 0 bridgehead atoms. The predicted octanol–water partition coefficient (Wildman–Crippen LogP) is 7.13. The van der Waals surface area contributed by atoms with Crippen molar-refractivity contribution in [1.29, 1.82) is 0 Å². The van der Waals surface area contributed by atoms with Gasteiger partial charge in [0.25, 0.3) is 5.91 Å². The number of fused-ring (bicyclic) bond motifs is 1. The second-order valence-electron chi connectivity index (χ2n) is 12.1. The van der Waals surface area contributed by atoms with Gasteiger partial charge >= 0.3 is 5.97 Å². The summed E-state index contributed by atoms with van der Waals surface area (Å²) in [6.45, 7) is 4.65. The van der Waals surface area contributed by atoms with Crippen LogP contribution in [0.2, 0.25) is 5.02 Å². The number of nitrogens with zero attached hydrogens (tertiary/aromatic N) is 1. The molecule has 6 rings (SSSR count). The zero-order valence-corrected chi connectivity index (χ0v) is 25.3. The zero-order valence-electron chi connectivity index (χ0n) is 24.6. The third-order valence-electron chi connectivity index (χ3n) is 9.20. The van der Waals surface area contributed by atoms with Crippen molar-refractivity contribution >= 4 is 29.2 Å². The summed E-state index contributed by atoms with van der Waals surface area (Å²) in [4.78, 5) is 26.0. The van der Waals surface area contributed by atoms with E-state index in [4.69, 9.17) is 21.1 Å². The second-order valence-corrected chi connectivity index (χ2v) is 12.5. The summed E-state index contributed by atoms with van der Waals surface area (Å²) in [5.74, 6) is -0.586. The number of amides is 1. The Balaban J connectivity index is 1.13. The smallest absolute Gasteiger partial charge is 0.306 e. The van der Waals surface area contributed by atoms with Crippen LogP contribution in [0.4, 0.5) is 5.69 Å². The number of halogens is 1. The Bertz CT molecular complexity index is 1440. The van der Waals surface area contributed by atoms with Gasteiger partial charge in [-0.05, 0) is 85.0 Å². The summed E-state index contributed by atoms with van der Waals surface area (Å²) in [5.41, 5.74) is 7.10. The van der Waals surface area contributed by atoms with Gasteiger partial charge in [0.2, 0.25) is 0 Å². The first-order chi connectivity index (χ1) is 20.9. The highest BCUT2D eigenvalue weighted by Crippen LogP contribution is 2.38. The van der Waals surface area contributed by atoms with Crippen molar-refractivity contribution in [3.05, 3.63) is 76.8 Å². The van der Waals surface area contributed by atoms with E-state index >= 15 is 0 Å². The molecule has 226 valence electrons. The molecule has 8 heteroatoms. The number of aryl methyl sites for hydroxylation is 1. The molecule has 2 unspecified atom stereocenters. The maximum atomic E-state index is 12.8. The monoisotopic (exact) mass is 602 g/mol. The van der Waals surface area contributed by atoms with Crippen LogP contribution in [0.5, 0.6) is 0 Å². The first kappa shape index (κ1) is 29.7. The van der Waals surface area contributed by atoms with Gasteiger partial charge in [-0.2, -0.15) is 0 Å². The fraction of sp³-hybridized carbons (Fsp3) is 0.429. The topological polar surface area (TPSA) is 88.1 Å². The lowest BCUT2D eigenvalue weighted by atomic mass is 9.87. The van der Waals surface area contributed by atoms with Gasteiger partial charge in [-0.25, -0.2) is 0 Å². The lowest BCUT2D eigenvalue weighted by Crippen LogP contribution is -2.40. The molecule has 2 heterocycles. The normalized spacial score (nSPS) is 24.0. The number of carbonyl (C=O) groups excluding carboxylic acids is 1. The van der Waals surface area contributed by atoms with Crippen molar-refractivity contribution in [2.24, 2.45) is 11.8 Å². The molecule has 2 atom stereocenters. The fourth-order valence-electron chi connectivity index (χ4n) is 6.43. The molecular formula is C35H39ClN2O5. The van der Waals surface area contributed by atoms with Crippen LogP contribution in [0.25, 0.3) is 22.3 Å². The number of carboxylic acid groups (broad SMARTS) is 1. The van der Waals surface area contributed by atoms with Gasteiger partial charge in [0.15, 0.2) is 0 Å². The minimum atomic E-state index is -0.695. The lowest BCUT2D eigenvalue weighted by molar-refractivity contribution is -0.144. The maximum Gasteiger partial charge on any atom is 0.306 e. The number of nitrogens with one attached hydrogen (secondary N) is 1. The molecule has 1 saturated carbocycles. The largest absolute Gasteiger partial charge is 0.481 e. The molecule has 2 N–H and O–H groups in total. The molecule has 43 heavy (non-hydrogen) atoms. The molecule has 0 aromatic heterocycles. The molecular weight excluding hydrogens is 564 g/mol. The summed E-state index contributed by atoms with van der Waals surface area (Å²) in [7, 11) is 0. The molecule has 1 amide bonds. The Labute approximate surface area is 258 Å². The first-order valence-electron chi connectivity index (χ1n) is 15.4. The number of ether oxygens (including phenoxy) is 2. The number of hydrogen-bond acceptors (Lipinski definition) is 5. The lowest BCUT2D eigenvalue weighted by Gasteiger charge is -2.32. The standard InChI is InChI=1S/C35H39ClN2O5/c1-22-2-3-28-20-30(31(36)21-32(28)37-33(22)43-29-14-12-27(13-15-29)35(40)41)25-8-4-23(5-9-25)24-6-10-26(11-7-24)34(39)38-16-18-42-19-17-38/h4-11,20-22,27,29,33,37H,2-3,12-19H2,1H3,(H,40,41). The van der Waals surface area contributed by atoms with E-state index in [0.29, 0.717) is 55.6 Å². The van der Waals surface area contributed by atoms with Crippen LogP contribution in [0.15, 0.2) is 60.7 Å². The van der Waals surface area contributed by atoms with Crippen molar-refractivity contribution in [2.75, 3.05) is 31.6 Å². The van der Waals surface area contributed by atoms with E-state index in [9.17, 15) is 14.7 Å². The van der Waals surface area contributed by atoms with E-state index in [1.807, 2.05) is 35.2 Å². The van der Waals surface area contributed by atoms with E-state index in [1.54, 1.807) is 0 Å². The van der Waals surface area contributed by atoms with Crippen LogP contribution in [-0.4, -0.2) is 60.5 Å². The molecule has 2 aliphatic heterocycles. The van der Waals surface area contributed by atoms with Crippen LogP contribution in [0, 0.1) is 11.8 Å². The highest BCUT2D eigenvalue weighted by Gasteiger charge is 2.31. The summed E-state index contributed by atoms with van der Waals surface area (Å²) in [6.07, 6.45) is 4.75. The molecule has 1 saturated heterocycles. The van der Waals surface area contributed by atoms with Gasteiger partial charge in [0.05, 0.1) is 30.3 Å². The van der Waals surface area contributed by atoms with Crippen LogP contribution in [0.3, 0.4) is 0 Å². The quantitative estimate of drug-likeness (QED) is 0.312. The van der Waals surface area contributed by atoms with Gasteiger partial charge in [-0.1, -0.05) is 54.9 Å². The van der Waals surface area contributed by atoms with Gasteiger partial charge in [0, 0.05) is 35.8 Å². The Morgan fingerprint density at radius 1 is 0.907 bits per heavy atom. The average Bonchev–Trinajstić information content (AvgIpc) is 3.18. The molecule has 3 aromatic rings. The van der Waals surface area contributed by atoms with Crippen LogP contribution >= 0.6 is 11.6 Å². The van der Waals surface area contributed by atoms with Crippen molar-refractivity contribution in [2.45, 2.75) is 57.8 Å². The number of benzene rings is 3. The van der Waals surface area contributed by atoms with Crippen LogP contribution in [0.1, 0.15) is 54.9 Å². The Kier molecular flexibility index (Phi) is 9.03. The summed E-state index contributed by atoms with van der Waals surface area (Å²) in [5, 5.41) is 13.6. The fourth-order valence-corrected chi connectivity index (χ4v) is 6.70. The zero-order chi connectivity index (χ0) is 29.9. The number of rotatable bonds is 6. The van der Waals surface area contributed by atoms with Gasteiger partial charge < -0.3 is 24.8 Å². The van der Waals surface area contributed by atoms with Crippen molar-refractivity contribution < 1.29 is 24.2 Å². The number of carbonyl (C=O) groups is 2. The highest BCUT2D eigenvalue weighted by atomic mass is 35.5. The molecule has 3 aliphatic rings. The average molecular weight is 603 g/mol. The number of carboxylic acids is 1. The van der Waals surface area contributed by atoms with Gasteiger partial charge in [0.1, 0.15) is 6.23 Å². The summed E-state index contributed by atoms with van der Waals surface area (Å²) >= 11 is 6.86. The minimum Gasteiger partial charge on any atom is -0.481 e. The number of morpholine rings is 1. The Hall–Kier alpha value is -3.39. The van der Waals surface area contributed by atoms with E-state index in [0.717, 1.165) is 53.6 Å². The van der Waals surface area contributed by atoms with Crippen LogP contribution in [-0.2, 0) is 20.7 Å². The van der Waals surface area contributed by atoms with Gasteiger partial charge in [-0.3, -0.25) is 9.59 Å². The third-order valence-corrected chi connectivity index (χ3v) is 9.51. The molecule has 3 aromatic carbocycles. The van der Waals surface area contributed by atoms with E-state index < -0.39 is 5.97 Å². The molecule has 2 fully saturated rings. The Morgan fingerprint density at radius 2 is 1.53 bits per heavy atom. The van der Waals surface area contributed by atoms with E-state index in [2.05, 4.69) is 42.6 Å². The summed E-state index contributed by atoms with van der Waals surface area (Å²) in [6, 6.07) is 20.4. The van der Waals surface area contributed by atoms with Crippen molar-refractivity contribution in [3.8, 4) is 22.3 Å². The number of anilines is 1. The van der Waals surface area contributed by atoms with Gasteiger partial charge in [-0.15, -0.1) is 0 Å². The second kappa shape index (κ2) is 13.1. The number of aliphatic carboxylic acids is 1. The third kappa shape index (κ3) is 6.74. The summed E-state index contributed by atoms with van der Waals surface area (Å²) < 4.78 is 11.9. The van der Waals surface area contributed by atoms with Crippen molar-refractivity contribution in [1.82, 2.24) is 4.90 Å². The molecule has 7 nitrogen and oxygen atoms in total. The first-order valence-corrected chi connectivity index (χ1v) is 15.8. The highest BCUT2D eigenvalue weighted by molar-refractivity contribution is 6.33. The molecule has 0 radical (unpaired) electrons. The SMILES string of the molecule is CC1CCc2cc(-c3ccc(-c4ccc(C(=O)N5CCOCC5)cc4)cc3)c(Cl)cc2NC1OC1CCC(C(=O)O)CC1. The molecule has 0 spiro atoms. The van der Waals surface area contributed by atoms with Crippen molar-refractivity contribution in [3.63, 3.8) is 0 Å². The predicted molar refractivity (Wildman–Crippen MR) is 168 cm³/mol. The van der Waals surface area contributed by atoms with E-state index in [-0.39, 0.29) is 24.2 Å². The Morgan fingerprint density at radius 3 is 2.19 bits per heavy atom. The maximum absolute atomic E-state index is 12.8. The molecule has 1 aliphatic carbocycles. The minimum absolute atomic E-state index is 0.0488. The van der Waals surface area contributed by atoms with Crippen LogP contribution < -0.4 is 5.32 Å². The number of hydrogen-bond donors (Lipinski definition) is 2. The van der Waals surface area contributed by atoms with E-state index in [1.165, 1.54) is 5.56 Å².